The number of pyridine rings is 1. The van der Waals surface area contributed by atoms with Crippen LogP contribution in [0.25, 0.3) is 0 Å². The predicted octanol–water partition coefficient (Wildman–Crippen LogP) is 1.31. The second-order valence-electron chi connectivity index (χ2n) is 5.11. The van der Waals surface area contributed by atoms with Crippen molar-refractivity contribution in [1.82, 2.24) is 4.98 Å². The zero-order valence-electron chi connectivity index (χ0n) is 10.5. The number of rotatable bonds is 4. The van der Waals surface area contributed by atoms with Gasteiger partial charge in [0, 0.05) is 25.8 Å². The Morgan fingerprint density at radius 3 is 2.88 bits per heavy atom. The predicted molar refractivity (Wildman–Crippen MR) is 68.8 cm³/mol. The molecule has 1 saturated carbocycles. The molecule has 0 aromatic carbocycles. The van der Waals surface area contributed by atoms with Crippen molar-refractivity contribution >= 4 is 5.82 Å². The van der Waals surface area contributed by atoms with Crippen molar-refractivity contribution in [2.45, 2.75) is 31.9 Å². The average Bonchev–Trinajstić information content (AvgIpc) is 2.27. The van der Waals surface area contributed by atoms with Gasteiger partial charge >= 0.3 is 0 Å². The number of nitrogens with zero attached hydrogens (tertiary/aromatic N) is 2. The van der Waals surface area contributed by atoms with E-state index in [4.69, 9.17) is 5.73 Å². The van der Waals surface area contributed by atoms with Crippen LogP contribution in [0.15, 0.2) is 18.3 Å². The van der Waals surface area contributed by atoms with E-state index in [0.29, 0.717) is 5.92 Å². The van der Waals surface area contributed by atoms with E-state index in [-0.39, 0.29) is 12.1 Å². The van der Waals surface area contributed by atoms with Gasteiger partial charge in [-0.2, -0.15) is 0 Å². The van der Waals surface area contributed by atoms with E-state index < -0.39 is 0 Å². The maximum atomic E-state index is 9.27. The van der Waals surface area contributed by atoms with Crippen molar-refractivity contribution in [2.75, 3.05) is 18.5 Å². The van der Waals surface area contributed by atoms with Crippen LogP contribution in [0.3, 0.4) is 0 Å². The Morgan fingerprint density at radius 1 is 1.59 bits per heavy atom. The van der Waals surface area contributed by atoms with Crippen molar-refractivity contribution in [3.05, 3.63) is 23.9 Å². The number of hydrogen-bond donors (Lipinski definition) is 2. The molecule has 0 bridgehead atoms. The number of aliphatic hydroxyl groups excluding tert-OH is 1. The van der Waals surface area contributed by atoms with Gasteiger partial charge in [0.05, 0.1) is 6.10 Å². The summed E-state index contributed by atoms with van der Waals surface area (Å²) in [6.45, 7) is 2.92. The summed E-state index contributed by atoms with van der Waals surface area (Å²) in [6, 6.07) is 4.03. The van der Waals surface area contributed by atoms with Crippen molar-refractivity contribution in [3.63, 3.8) is 0 Å². The molecule has 0 amide bonds. The summed E-state index contributed by atoms with van der Waals surface area (Å²) >= 11 is 0. The van der Waals surface area contributed by atoms with Gasteiger partial charge in [0.2, 0.25) is 0 Å². The normalized spacial score (nSPS) is 25.2. The molecule has 4 nitrogen and oxygen atoms in total. The van der Waals surface area contributed by atoms with E-state index in [1.165, 1.54) is 0 Å². The SMILES string of the molecule is CC(N)c1ccnc(N(C)CC2CC(O)C2)c1. The molecule has 3 N–H and O–H groups in total. The van der Waals surface area contributed by atoms with Gasteiger partial charge in [-0.05, 0) is 43.4 Å². The van der Waals surface area contributed by atoms with Gasteiger partial charge in [0.25, 0.3) is 0 Å². The minimum atomic E-state index is -0.0863. The summed E-state index contributed by atoms with van der Waals surface area (Å²) in [5.74, 6) is 1.55. The molecule has 2 rings (SSSR count). The summed E-state index contributed by atoms with van der Waals surface area (Å²) in [6.07, 6.45) is 3.55. The molecular formula is C13H21N3O. The highest BCUT2D eigenvalue weighted by atomic mass is 16.3. The number of aliphatic hydroxyl groups is 1. The van der Waals surface area contributed by atoms with E-state index in [1.807, 2.05) is 26.1 Å². The molecule has 0 spiro atoms. The summed E-state index contributed by atoms with van der Waals surface area (Å²) in [5, 5.41) is 9.27. The lowest BCUT2D eigenvalue weighted by Gasteiger charge is -2.34. The molecular weight excluding hydrogens is 214 g/mol. The third kappa shape index (κ3) is 2.96. The number of hydrogen-bond acceptors (Lipinski definition) is 4. The van der Waals surface area contributed by atoms with Crippen LogP contribution in [-0.2, 0) is 0 Å². The largest absolute Gasteiger partial charge is 0.393 e. The molecule has 0 radical (unpaired) electrons. The summed E-state index contributed by atoms with van der Waals surface area (Å²) < 4.78 is 0. The van der Waals surface area contributed by atoms with Gasteiger partial charge in [0.1, 0.15) is 5.82 Å². The lowest BCUT2D eigenvalue weighted by molar-refractivity contribution is 0.0464. The summed E-state index contributed by atoms with van der Waals surface area (Å²) in [5.41, 5.74) is 6.97. The fraction of sp³-hybridized carbons (Fsp3) is 0.615. The van der Waals surface area contributed by atoms with Crippen LogP contribution >= 0.6 is 0 Å². The first-order valence-electron chi connectivity index (χ1n) is 6.17. The van der Waals surface area contributed by atoms with E-state index in [9.17, 15) is 5.11 Å². The molecule has 4 heteroatoms. The van der Waals surface area contributed by atoms with Crippen LogP contribution in [0.5, 0.6) is 0 Å². The van der Waals surface area contributed by atoms with E-state index in [0.717, 1.165) is 30.8 Å². The molecule has 1 unspecified atom stereocenters. The molecule has 1 aliphatic carbocycles. The van der Waals surface area contributed by atoms with Crippen LogP contribution in [0, 0.1) is 5.92 Å². The zero-order chi connectivity index (χ0) is 12.4. The Hall–Kier alpha value is -1.13. The first-order chi connectivity index (χ1) is 8.06. The highest BCUT2D eigenvalue weighted by Gasteiger charge is 2.28. The quantitative estimate of drug-likeness (QED) is 0.826. The van der Waals surface area contributed by atoms with Crippen LogP contribution in [0.2, 0.25) is 0 Å². The second-order valence-corrected chi connectivity index (χ2v) is 5.11. The van der Waals surface area contributed by atoms with E-state index >= 15 is 0 Å². The topological polar surface area (TPSA) is 62.4 Å². The molecule has 1 heterocycles. The lowest BCUT2D eigenvalue weighted by atomic mass is 9.82. The van der Waals surface area contributed by atoms with Gasteiger partial charge < -0.3 is 15.7 Å². The molecule has 1 aliphatic rings. The molecule has 1 aromatic rings. The number of aromatic nitrogens is 1. The minimum absolute atomic E-state index is 0.0377. The molecule has 94 valence electrons. The molecule has 17 heavy (non-hydrogen) atoms. The first kappa shape index (κ1) is 12.3. The van der Waals surface area contributed by atoms with Crippen LogP contribution in [0.4, 0.5) is 5.82 Å². The van der Waals surface area contributed by atoms with Gasteiger partial charge in [-0.25, -0.2) is 4.98 Å². The Labute approximate surface area is 102 Å². The van der Waals surface area contributed by atoms with Crippen molar-refractivity contribution < 1.29 is 5.11 Å². The van der Waals surface area contributed by atoms with Crippen molar-refractivity contribution in [1.29, 1.82) is 0 Å². The fourth-order valence-corrected chi connectivity index (χ4v) is 2.26. The van der Waals surface area contributed by atoms with Crippen LogP contribution < -0.4 is 10.6 Å². The molecule has 1 fully saturated rings. The van der Waals surface area contributed by atoms with Gasteiger partial charge in [-0.1, -0.05) is 0 Å². The standard InChI is InChI=1S/C13H21N3O/c1-9(14)11-3-4-15-13(7-11)16(2)8-10-5-12(17)6-10/h3-4,7,9-10,12,17H,5-6,8,14H2,1-2H3. The molecule has 0 saturated heterocycles. The first-order valence-corrected chi connectivity index (χ1v) is 6.17. The maximum absolute atomic E-state index is 9.27. The minimum Gasteiger partial charge on any atom is -0.393 e. The van der Waals surface area contributed by atoms with Crippen molar-refractivity contribution in [3.8, 4) is 0 Å². The van der Waals surface area contributed by atoms with E-state index in [1.54, 1.807) is 6.20 Å². The Kier molecular flexibility index (Phi) is 3.64. The fourth-order valence-electron chi connectivity index (χ4n) is 2.26. The van der Waals surface area contributed by atoms with Crippen molar-refractivity contribution in [2.24, 2.45) is 11.7 Å². The Bertz CT molecular complexity index is 375. The maximum Gasteiger partial charge on any atom is 0.128 e. The monoisotopic (exact) mass is 235 g/mol. The average molecular weight is 235 g/mol. The van der Waals surface area contributed by atoms with Crippen LogP contribution in [-0.4, -0.2) is 29.8 Å². The second kappa shape index (κ2) is 5.02. The number of anilines is 1. The summed E-state index contributed by atoms with van der Waals surface area (Å²) in [4.78, 5) is 6.50. The number of nitrogens with two attached hydrogens (primary N) is 1. The molecule has 1 atom stereocenters. The van der Waals surface area contributed by atoms with Gasteiger partial charge in [-0.3, -0.25) is 0 Å². The lowest BCUT2D eigenvalue weighted by Crippen LogP contribution is -2.37. The zero-order valence-corrected chi connectivity index (χ0v) is 10.5. The smallest absolute Gasteiger partial charge is 0.128 e. The third-order valence-corrected chi connectivity index (χ3v) is 3.43. The van der Waals surface area contributed by atoms with E-state index in [2.05, 4.69) is 9.88 Å². The Morgan fingerprint density at radius 2 is 2.29 bits per heavy atom. The third-order valence-electron chi connectivity index (χ3n) is 3.43. The Balaban J connectivity index is 1.98. The van der Waals surface area contributed by atoms with Gasteiger partial charge in [-0.15, -0.1) is 0 Å². The highest BCUT2D eigenvalue weighted by molar-refractivity contribution is 5.41. The molecule has 1 aromatic heterocycles. The molecule has 0 aliphatic heterocycles. The summed E-state index contributed by atoms with van der Waals surface area (Å²) in [7, 11) is 2.04. The highest BCUT2D eigenvalue weighted by Crippen LogP contribution is 2.28. The van der Waals surface area contributed by atoms with Gasteiger partial charge in [0.15, 0.2) is 0 Å². The van der Waals surface area contributed by atoms with Crippen LogP contribution in [0.1, 0.15) is 31.4 Å².